The van der Waals surface area contributed by atoms with Crippen molar-refractivity contribution in [2.75, 3.05) is 0 Å². The first-order chi connectivity index (χ1) is 6.32. The predicted octanol–water partition coefficient (Wildman–Crippen LogP) is 3.51. The quantitative estimate of drug-likeness (QED) is 0.781. The SMILES string of the molecule is N[C@H](c1ccc(Cl)c(I)c1)C(F)(F)F. The molecule has 14 heavy (non-hydrogen) atoms. The molecule has 0 spiro atoms. The number of nitrogens with two attached hydrogens (primary N) is 1. The van der Waals surface area contributed by atoms with Crippen LogP contribution in [0.2, 0.25) is 5.02 Å². The van der Waals surface area contributed by atoms with Crippen LogP contribution in [0.1, 0.15) is 11.6 Å². The zero-order valence-corrected chi connectivity index (χ0v) is 9.69. The number of hydrogen-bond donors (Lipinski definition) is 1. The Morgan fingerprint density at radius 3 is 2.36 bits per heavy atom. The van der Waals surface area contributed by atoms with Crippen molar-refractivity contribution < 1.29 is 13.2 Å². The van der Waals surface area contributed by atoms with Gasteiger partial charge in [-0.15, -0.1) is 0 Å². The van der Waals surface area contributed by atoms with E-state index >= 15 is 0 Å². The van der Waals surface area contributed by atoms with Gasteiger partial charge in [0.25, 0.3) is 0 Å². The topological polar surface area (TPSA) is 26.0 Å². The van der Waals surface area contributed by atoms with Gasteiger partial charge in [-0.05, 0) is 40.3 Å². The van der Waals surface area contributed by atoms with Crippen LogP contribution >= 0.6 is 34.2 Å². The molecule has 0 aliphatic heterocycles. The average molecular weight is 335 g/mol. The molecule has 6 heteroatoms. The van der Waals surface area contributed by atoms with Crippen LogP contribution in [-0.2, 0) is 0 Å². The van der Waals surface area contributed by atoms with Gasteiger partial charge in [0.2, 0.25) is 0 Å². The highest BCUT2D eigenvalue weighted by Crippen LogP contribution is 2.32. The van der Waals surface area contributed by atoms with E-state index in [-0.39, 0.29) is 5.56 Å². The van der Waals surface area contributed by atoms with Gasteiger partial charge in [0.15, 0.2) is 0 Å². The Hall–Kier alpha value is -0.0100. The van der Waals surface area contributed by atoms with Crippen LogP contribution in [0.5, 0.6) is 0 Å². The smallest absolute Gasteiger partial charge is 0.316 e. The molecule has 0 heterocycles. The van der Waals surface area contributed by atoms with Crippen molar-refractivity contribution in [1.82, 2.24) is 0 Å². The minimum Gasteiger partial charge on any atom is -0.316 e. The van der Waals surface area contributed by atoms with Crippen molar-refractivity contribution in [3.63, 3.8) is 0 Å². The van der Waals surface area contributed by atoms with E-state index in [1.165, 1.54) is 18.2 Å². The standard InChI is InChI=1S/C8H6ClF3IN/c9-5-2-1-4(3-6(5)13)7(14)8(10,11)12/h1-3,7H,14H2/t7-/m1/s1. The normalized spacial score (nSPS) is 14.1. The third kappa shape index (κ3) is 2.74. The van der Waals surface area contributed by atoms with Crippen molar-refractivity contribution in [2.45, 2.75) is 12.2 Å². The Bertz CT molecular complexity index is 340. The van der Waals surface area contributed by atoms with E-state index in [4.69, 9.17) is 17.3 Å². The first-order valence-corrected chi connectivity index (χ1v) is 5.05. The molecule has 0 aliphatic rings. The third-order valence-corrected chi connectivity index (χ3v) is 3.20. The van der Waals surface area contributed by atoms with Crippen molar-refractivity contribution >= 4 is 34.2 Å². The second-order valence-electron chi connectivity index (χ2n) is 2.69. The van der Waals surface area contributed by atoms with Crippen molar-refractivity contribution in [1.29, 1.82) is 0 Å². The Morgan fingerprint density at radius 1 is 1.36 bits per heavy atom. The molecule has 0 amide bonds. The lowest BCUT2D eigenvalue weighted by atomic mass is 10.1. The first kappa shape index (κ1) is 12.1. The van der Waals surface area contributed by atoms with Gasteiger partial charge >= 0.3 is 6.18 Å². The molecule has 0 saturated carbocycles. The lowest BCUT2D eigenvalue weighted by molar-refractivity contribution is -0.149. The molecule has 1 atom stereocenters. The molecule has 2 N–H and O–H groups in total. The van der Waals surface area contributed by atoms with Crippen LogP contribution in [0.3, 0.4) is 0 Å². The first-order valence-electron chi connectivity index (χ1n) is 3.59. The van der Waals surface area contributed by atoms with Crippen LogP contribution in [-0.4, -0.2) is 6.18 Å². The molecular formula is C8H6ClF3IN. The van der Waals surface area contributed by atoms with Gasteiger partial charge in [-0.1, -0.05) is 17.7 Å². The Morgan fingerprint density at radius 2 is 1.93 bits per heavy atom. The number of hydrogen-bond acceptors (Lipinski definition) is 1. The molecule has 1 aromatic rings. The van der Waals surface area contributed by atoms with Gasteiger partial charge in [0.05, 0.1) is 5.02 Å². The van der Waals surface area contributed by atoms with E-state index in [0.717, 1.165) is 0 Å². The van der Waals surface area contributed by atoms with Gasteiger partial charge in [0.1, 0.15) is 6.04 Å². The third-order valence-electron chi connectivity index (χ3n) is 1.66. The zero-order chi connectivity index (χ0) is 10.9. The maximum atomic E-state index is 12.2. The molecule has 0 fully saturated rings. The molecule has 78 valence electrons. The number of alkyl halides is 3. The average Bonchev–Trinajstić information content (AvgIpc) is 2.07. The van der Waals surface area contributed by atoms with E-state index in [0.29, 0.717) is 8.59 Å². The minimum absolute atomic E-state index is 0.0197. The molecule has 1 rings (SSSR count). The summed E-state index contributed by atoms with van der Waals surface area (Å²) >= 11 is 7.53. The monoisotopic (exact) mass is 335 g/mol. The second-order valence-corrected chi connectivity index (χ2v) is 4.26. The number of rotatable bonds is 1. The van der Waals surface area contributed by atoms with Gasteiger partial charge in [-0.2, -0.15) is 13.2 Å². The molecule has 0 radical (unpaired) electrons. The molecule has 0 saturated heterocycles. The Labute approximate surface area is 97.6 Å². The van der Waals surface area contributed by atoms with Crippen molar-refractivity contribution in [3.8, 4) is 0 Å². The summed E-state index contributed by atoms with van der Waals surface area (Å²) < 4.78 is 37.2. The predicted molar refractivity (Wildman–Crippen MR) is 57.2 cm³/mol. The molecule has 0 unspecified atom stereocenters. The summed E-state index contributed by atoms with van der Waals surface area (Å²) in [5.74, 6) is 0. The number of halogens is 5. The molecule has 1 aromatic carbocycles. The summed E-state index contributed by atoms with van der Waals surface area (Å²) in [5.41, 5.74) is 5.04. The lowest BCUT2D eigenvalue weighted by Crippen LogP contribution is -2.28. The fourth-order valence-electron chi connectivity index (χ4n) is 0.895. The summed E-state index contributed by atoms with van der Waals surface area (Å²) in [7, 11) is 0. The fourth-order valence-corrected chi connectivity index (χ4v) is 1.55. The maximum absolute atomic E-state index is 12.2. The van der Waals surface area contributed by atoms with Gasteiger partial charge in [-0.3, -0.25) is 0 Å². The van der Waals surface area contributed by atoms with E-state index in [2.05, 4.69) is 0 Å². The van der Waals surface area contributed by atoms with Gasteiger partial charge in [-0.25, -0.2) is 0 Å². The molecule has 0 bridgehead atoms. The number of benzene rings is 1. The zero-order valence-electron chi connectivity index (χ0n) is 6.78. The minimum atomic E-state index is -4.42. The van der Waals surface area contributed by atoms with Crippen LogP contribution in [0, 0.1) is 3.57 Å². The molecule has 1 nitrogen and oxygen atoms in total. The van der Waals surface area contributed by atoms with Crippen LogP contribution in [0.4, 0.5) is 13.2 Å². The maximum Gasteiger partial charge on any atom is 0.407 e. The van der Waals surface area contributed by atoms with Crippen LogP contribution in [0.25, 0.3) is 0 Å². The van der Waals surface area contributed by atoms with E-state index in [1.807, 2.05) is 22.6 Å². The van der Waals surface area contributed by atoms with Crippen molar-refractivity contribution in [2.24, 2.45) is 5.73 Å². The summed E-state index contributed by atoms with van der Waals surface area (Å²) in [4.78, 5) is 0. The summed E-state index contributed by atoms with van der Waals surface area (Å²) in [5, 5.41) is 0.420. The second kappa shape index (κ2) is 4.24. The van der Waals surface area contributed by atoms with Gasteiger partial charge in [0, 0.05) is 3.57 Å². The van der Waals surface area contributed by atoms with E-state index in [1.54, 1.807) is 0 Å². The Kier molecular flexibility index (Phi) is 3.65. The highest BCUT2D eigenvalue weighted by Gasteiger charge is 2.37. The summed E-state index contributed by atoms with van der Waals surface area (Å²) in [6, 6.07) is 2.07. The van der Waals surface area contributed by atoms with Gasteiger partial charge < -0.3 is 5.73 Å². The van der Waals surface area contributed by atoms with E-state index in [9.17, 15) is 13.2 Å². The fraction of sp³-hybridized carbons (Fsp3) is 0.250. The summed E-state index contributed by atoms with van der Waals surface area (Å²) in [6.07, 6.45) is -4.42. The largest absolute Gasteiger partial charge is 0.407 e. The molecular weight excluding hydrogens is 329 g/mol. The lowest BCUT2D eigenvalue weighted by Gasteiger charge is -2.16. The van der Waals surface area contributed by atoms with Crippen LogP contribution in [0.15, 0.2) is 18.2 Å². The highest BCUT2D eigenvalue weighted by molar-refractivity contribution is 14.1. The van der Waals surface area contributed by atoms with Crippen molar-refractivity contribution in [3.05, 3.63) is 32.4 Å². The van der Waals surface area contributed by atoms with Crippen LogP contribution < -0.4 is 5.73 Å². The van der Waals surface area contributed by atoms with E-state index < -0.39 is 12.2 Å². The molecule has 0 aliphatic carbocycles. The Balaban J connectivity index is 3.03. The molecule has 0 aromatic heterocycles. The summed E-state index contributed by atoms with van der Waals surface area (Å²) in [6.45, 7) is 0. The highest BCUT2D eigenvalue weighted by atomic mass is 127.